The summed E-state index contributed by atoms with van der Waals surface area (Å²) in [6.07, 6.45) is 1.57. The SMILES string of the molecule is CCC(CC)c1ccc(S(=O)(=O)N2CCC(F)(F)C2)cc1. The van der Waals surface area contributed by atoms with E-state index in [4.69, 9.17) is 0 Å². The Morgan fingerprint density at radius 1 is 1.19 bits per heavy atom. The van der Waals surface area contributed by atoms with E-state index in [1.54, 1.807) is 12.1 Å². The predicted molar refractivity (Wildman–Crippen MR) is 78.1 cm³/mol. The van der Waals surface area contributed by atoms with Crippen LogP contribution >= 0.6 is 0 Å². The molecule has 0 aromatic heterocycles. The predicted octanol–water partition coefficient (Wildman–Crippen LogP) is 3.62. The third kappa shape index (κ3) is 3.43. The Kier molecular flexibility index (Phi) is 4.68. The number of benzene rings is 1. The summed E-state index contributed by atoms with van der Waals surface area (Å²) in [6.45, 7) is 3.34. The van der Waals surface area contributed by atoms with Crippen molar-refractivity contribution < 1.29 is 17.2 Å². The minimum atomic E-state index is -3.81. The van der Waals surface area contributed by atoms with Gasteiger partial charge in [0, 0.05) is 13.0 Å². The molecule has 0 unspecified atom stereocenters. The van der Waals surface area contributed by atoms with Gasteiger partial charge < -0.3 is 0 Å². The fourth-order valence-electron chi connectivity index (χ4n) is 2.73. The summed E-state index contributed by atoms with van der Waals surface area (Å²) in [6, 6.07) is 6.64. The van der Waals surface area contributed by atoms with Gasteiger partial charge >= 0.3 is 0 Å². The molecule has 1 aromatic carbocycles. The number of hydrogen-bond donors (Lipinski definition) is 0. The van der Waals surface area contributed by atoms with E-state index >= 15 is 0 Å². The Hall–Kier alpha value is -1.01. The number of halogens is 2. The van der Waals surface area contributed by atoms with Crippen molar-refractivity contribution in [3.63, 3.8) is 0 Å². The third-order valence-electron chi connectivity index (χ3n) is 4.11. The van der Waals surface area contributed by atoms with Crippen molar-refractivity contribution >= 4 is 10.0 Å². The molecule has 21 heavy (non-hydrogen) atoms. The molecule has 1 heterocycles. The van der Waals surface area contributed by atoms with E-state index in [0.29, 0.717) is 5.92 Å². The van der Waals surface area contributed by atoms with Gasteiger partial charge in [0.05, 0.1) is 11.4 Å². The molecule has 118 valence electrons. The highest BCUT2D eigenvalue weighted by Gasteiger charge is 2.43. The topological polar surface area (TPSA) is 37.4 Å². The lowest BCUT2D eigenvalue weighted by molar-refractivity contribution is 0.0183. The van der Waals surface area contributed by atoms with E-state index in [-0.39, 0.29) is 11.4 Å². The molecule has 0 radical (unpaired) electrons. The Bertz CT molecular complexity index is 580. The van der Waals surface area contributed by atoms with Gasteiger partial charge in [0.25, 0.3) is 5.92 Å². The van der Waals surface area contributed by atoms with Gasteiger partial charge in [-0.3, -0.25) is 0 Å². The molecule has 1 aliphatic rings. The smallest absolute Gasteiger partial charge is 0.207 e. The molecule has 1 saturated heterocycles. The van der Waals surface area contributed by atoms with E-state index in [1.807, 2.05) is 0 Å². The van der Waals surface area contributed by atoms with Crippen molar-refractivity contribution in [2.45, 2.75) is 49.8 Å². The molecule has 6 heteroatoms. The number of nitrogens with zero attached hydrogens (tertiary/aromatic N) is 1. The van der Waals surface area contributed by atoms with Crippen LogP contribution < -0.4 is 0 Å². The van der Waals surface area contributed by atoms with Crippen molar-refractivity contribution in [3.8, 4) is 0 Å². The molecule has 1 fully saturated rings. The molecular weight excluding hydrogens is 296 g/mol. The van der Waals surface area contributed by atoms with Gasteiger partial charge in [0.2, 0.25) is 10.0 Å². The summed E-state index contributed by atoms with van der Waals surface area (Å²) in [5, 5.41) is 0. The Balaban J connectivity index is 2.22. The van der Waals surface area contributed by atoms with Gasteiger partial charge in [0.15, 0.2) is 0 Å². The molecule has 2 rings (SSSR count). The second-order valence-electron chi connectivity index (χ2n) is 5.53. The van der Waals surface area contributed by atoms with Crippen molar-refractivity contribution in [2.24, 2.45) is 0 Å². The van der Waals surface area contributed by atoms with E-state index < -0.39 is 28.9 Å². The molecule has 0 atom stereocenters. The largest absolute Gasteiger partial charge is 0.262 e. The van der Waals surface area contributed by atoms with Crippen molar-refractivity contribution in [2.75, 3.05) is 13.1 Å². The minimum Gasteiger partial charge on any atom is -0.207 e. The van der Waals surface area contributed by atoms with Gasteiger partial charge in [-0.05, 0) is 36.5 Å². The summed E-state index contributed by atoms with van der Waals surface area (Å²) in [7, 11) is -3.81. The van der Waals surface area contributed by atoms with Crippen LogP contribution in [0.4, 0.5) is 8.78 Å². The number of sulfonamides is 1. The quantitative estimate of drug-likeness (QED) is 0.832. The van der Waals surface area contributed by atoms with Crippen LogP contribution in [0.2, 0.25) is 0 Å². The lowest BCUT2D eigenvalue weighted by atomic mass is 9.94. The molecular formula is C15H21F2NO2S. The van der Waals surface area contributed by atoms with Crippen LogP contribution in [0, 0.1) is 0 Å². The van der Waals surface area contributed by atoms with Gasteiger partial charge in [-0.15, -0.1) is 0 Å². The van der Waals surface area contributed by atoms with E-state index in [2.05, 4.69) is 13.8 Å². The van der Waals surface area contributed by atoms with Gasteiger partial charge in [-0.1, -0.05) is 26.0 Å². The van der Waals surface area contributed by atoms with Gasteiger partial charge in [0.1, 0.15) is 0 Å². The van der Waals surface area contributed by atoms with Crippen LogP contribution in [0.5, 0.6) is 0 Å². The molecule has 1 aromatic rings. The second kappa shape index (κ2) is 6.01. The first-order chi connectivity index (χ1) is 9.80. The molecule has 0 saturated carbocycles. The minimum absolute atomic E-state index is 0.0925. The van der Waals surface area contributed by atoms with Crippen molar-refractivity contribution in [1.29, 1.82) is 0 Å². The fourth-order valence-corrected chi connectivity index (χ4v) is 4.20. The summed E-state index contributed by atoms with van der Waals surface area (Å²) >= 11 is 0. The molecule has 0 spiro atoms. The molecule has 0 amide bonds. The lowest BCUT2D eigenvalue weighted by Gasteiger charge is -2.17. The zero-order valence-electron chi connectivity index (χ0n) is 12.4. The highest BCUT2D eigenvalue weighted by Crippen LogP contribution is 2.31. The van der Waals surface area contributed by atoms with Crippen molar-refractivity contribution in [1.82, 2.24) is 4.31 Å². The van der Waals surface area contributed by atoms with Gasteiger partial charge in [-0.2, -0.15) is 4.31 Å². The van der Waals surface area contributed by atoms with Crippen LogP contribution in [0.3, 0.4) is 0 Å². The zero-order valence-corrected chi connectivity index (χ0v) is 13.2. The van der Waals surface area contributed by atoms with Crippen LogP contribution in [0.1, 0.15) is 44.6 Å². The monoisotopic (exact) mass is 317 g/mol. The first-order valence-electron chi connectivity index (χ1n) is 7.28. The lowest BCUT2D eigenvalue weighted by Crippen LogP contribution is -2.31. The summed E-state index contributed by atoms with van der Waals surface area (Å²) < 4.78 is 51.9. The van der Waals surface area contributed by atoms with Crippen molar-refractivity contribution in [3.05, 3.63) is 29.8 Å². The zero-order chi connectivity index (χ0) is 15.7. The standard InChI is InChI=1S/C15H21F2NO2S/c1-3-12(4-2)13-5-7-14(8-6-13)21(19,20)18-10-9-15(16,17)11-18/h5-8,12H,3-4,9-11H2,1-2H3. The number of rotatable bonds is 5. The maximum Gasteiger partial charge on any atom is 0.262 e. The Labute approximate surface area is 125 Å². The highest BCUT2D eigenvalue weighted by molar-refractivity contribution is 7.89. The summed E-state index contributed by atoms with van der Waals surface area (Å²) in [5.41, 5.74) is 1.09. The van der Waals surface area contributed by atoms with Crippen LogP contribution in [-0.4, -0.2) is 31.7 Å². The molecule has 0 bridgehead atoms. The summed E-state index contributed by atoms with van der Waals surface area (Å²) in [4.78, 5) is 0.0925. The molecule has 1 aliphatic heterocycles. The van der Waals surface area contributed by atoms with E-state index in [1.165, 1.54) is 12.1 Å². The summed E-state index contributed by atoms with van der Waals surface area (Å²) in [5.74, 6) is -2.51. The average Bonchev–Trinajstić information content (AvgIpc) is 2.82. The maximum atomic E-state index is 13.2. The highest BCUT2D eigenvalue weighted by atomic mass is 32.2. The Morgan fingerprint density at radius 2 is 1.76 bits per heavy atom. The Morgan fingerprint density at radius 3 is 2.19 bits per heavy atom. The van der Waals surface area contributed by atoms with E-state index in [0.717, 1.165) is 22.7 Å². The number of alkyl halides is 2. The van der Waals surface area contributed by atoms with Crippen LogP contribution in [0.25, 0.3) is 0 Å². The van der Waals surface area contributed by atoms with Gasteiger partial charge in [-0.25, -0.2) is 17.2 Å². The second-order valence-corrected chi connectivity index (χ2v) is 7.46. The first kappa shape index (κ1) is 16.4. The fraction of sp³-hybridized carbons (Fsp3) is 0.600. The van der Waals surface area contributed by atoms with E-state index in [9.17, 15) is 17.2 Å². The first-order valence-corrected chi connectivity index (χ1v) is 8.72. The van der Waals surface area contributed by atoms with Crippen LogP contribution in [0.15, 0.2) is 29.2 Å². The normalized spacial score (nSPS) is 19.3. The number of hydrogen-bond acceptors (Lipinski definition) is 2. The molecule has 0 aliphatic carbocycles. The molecule has 3 nitrogen and oxygen atoms in total. The molecule has 0 N–H and O–H groups in total. The average molecular weight is 317 g/mol. The maximum absolute atomic E-state index is 13.2. The van der Waals surface area contributed by atoms with Crippen LogP contribution in [-0.2, 0) is 10.0 Å². The third-order valence-corrected chi connectivity index (χ3v) is 5.97.